The topological polar surface area (TPSA) is 87.7 Å². The molecule has 6 nitrogen and oxygen atoms in total. The summed E-state index contributed by atoms with van der Waals surface area (Å²) in [4.78, 5) is 22.6. The molecule has 2 amide bonds. The maximum absolute atomic E-state index is 11.6. The van der Waals surface area contributed by atoms with Crippen molar-refractivity contribution in [3.8, 4) is 0 Å². The summed E-state index contributed by atoms with van der Waals surface area (Å²) in [6.07, 6.45) is 1.92. The summed E-state index contributed by atoms with van der Waals surface area (Å²) in [5.41, 5.74) is 0. The smallest absolute Gasteiger partial charge is 0.314 e. The third-order valence-corrected chi connectivity index (χ3v) is 3.50. The molecule has 19 heavy (non-hydrogen) atoms. The third-order valence-electron chi connectivity index (χ3n) is 3.50. The van der Waals surface area contributed by atoms with Crippen LogP contribution in [0.4, 0.5) is 4.79 Å². The summed E-state index contributed by atoms with van der Waals surface area (Å²) in [7, 11) is 0. The molecule has 3 N–H and O–H groups in total. The van der Waals surface area contributed by atoms with Crippen LogP contribution in [0, 0.1) is 17.8 Å². The standard InChI is InChI=1S/C13H24N2O4/c1-9(2)11(12(16)17)8-15-13(18)14-7-10-3-5-19-6-4-10/h9-11H,3-8H2,1-2H3,(H,16,17)(H2,14,15,18). The number of carbonyl (C=O) groups is 2. The van der Waals surface area contributed by atoms with Gasteiger partial charge in [0.25, 0.3) is 0 Å². The van der Waals surface area contributed by atoms with E-state index in [2.05, 4.69) is 10.6 Å². The Morgan fingerprint density at radius 1 is 1.26 bits per heavy atom. The van der Waals surface area contributed by atoms with Crippen molar-refractivity contribution in [1.82, 2.24) is 10.6 Å². The van der Waals surface area contributed by atoms with Crippen LogP contribution in [0.1, 0.15) is 26.7 Å². The van der Waals surface area contributed by atoms with Crippen LogP contribution < -0.4 is 10.6 Å². The van der Waals surface area contributed by atoms with Crippen LogP contribution >= 0.6 is 0 Å². The summed E-state index contributed by atoms with van der Waals surface area (Å²) < 4.78 is 5.24. The SMILES string of the molecule is CC(C)C(CNC(=O)NCC1CCOCC1)C(=O)O. The number of nitrogens with one attached hydrogen (secondary N) is 2. The molecule has 0 spiro atoms. The highest BCUT2D eigenvalue weighted by Gasteiger charge is 2.22. The van der Waals surface area contributed by atoms with E-state index in [-0.39, 0.29) is 18.5 Å². The minimum Gasteiger partial charge on any atom is -0.481 e. The molecule has 1 heterocycles. The van der Waals surface area contributed by atoms with Crippen LogP contribution in [0.5, 0.6) is 0 Å². The van der Waals surface area contributed by atoms with Gasteiger partial charge in [-0.05, 0) is 24.7 Å². The number of hydrogen-bond acceptors (Lipinski definition) is 3. The van der Waals surface area contributed by atoms with Crippen LogP contribution in [0.2, 0.25) is 0 Å². The second-order valence-corrected chi connectivity index (χ2v) is 5.34. The average molecular weight is 272 g/mol. The Balaban J connectivity index is 2.21. The molecule has 0 aromatic rings. The maximum Gasteiger partial charge on any atom is 0.314 e. The number of urea groups is 1. The molecule has 0 aromatic carbocycles. The van der Waals surface area contributed by atoms with Gasteiger partial charge in [0.1, 0.15) is 0 Å². The molecule has 1 aliphatic rings. The predicted octanol–water partition coefficient (Wildman–Crippen LogP) is 1.07. The molecule has 1 rings (SSSR count). The summed E-state index contributed by atoms with van der Waals surface area (Å²) >= 11 is 0. The van der Waals surface area contributed by atoms with E-state index in [1.807, 2.05) is 13.8 Å². The molecular formula is C13H24N2O4. The van der Waals surface area contributed by atoms with Crippen LogP contribution in [0.3, 0.4) is 0 Å². The van der Waals surface area contributed by atoms with Crippen molar-refractivity contribution in [1.29, 1.82) is 0 Å². The molecule has 1 fully saturated rings. The molecule has 1 aliphatic heterocycles. The summed E-state index contributed by atoms with van der Waals surface area (Å²) in [5.74, 6) is -0.971. The van der Waals surface area contributed by atoms with Crippen molar-refractivity contribution in [3.63, 3.8) is 0 Å². The van der Waals surface area contributed by atoms with Crippen molar-refractivity contribution in [3.05, 3.63) is 0 Å². The van der Waals surface area contributed by atoms with E-state index < -0.39 is 11.9 Å². The molecule has 0 aliphatic carbocycles. The lowest BCUT2D eigenvalue weighted by atomic mass is 9.96. The quantitative estimate of drug-likeness (QED) is 0.675. The highest BCUT2D eigenvalue weighted by molar-refractivity contribution is 5.75. The Labute approximate surface area is 113 Å². The van der Waals surface area contributed by atoms with E-state index in [4.69, 9.17) is 9.84 Å². The first-order chi connectivity index (χ1) is 9.00. The van der Waals surface area contributed by atoms with E-state index in [9.17, 15) is 9.59 Å². The van der Waals surface area contributed by atoms with E-state index in [1.54, 1.807) is 0 Å². The van der Waals surface area contributed by atoms with Gasteiger partial charge in [0.15, 0.2) is 0 Å². The number of aliphatic carboxylic acids is 1. The van der Waals surface area contributed by atoms with E-state index in [1.165, 1.54) is 0 Å². The number of hydrogen-bond donors (Lipinski definition) is 3. The zero-order chi connectivity index (χ0) is 14.3. The largest absolute Gasteiger partial charge is 0.481 e. The van der Waals surface area contributed by atoms with Crippen molar-refractivity contribution >= 4 is 12.0 Å². The highest BCUT2D eigenvalue weighted by atomic mass is 16.5. The minimum absolute atomic E-state index is 0.00621. The van der Waals surface area contributed by atoms with Gasteiger partial charge in [0.05, 0.1) is 5.92 Å². The molecule has 110 valence electrons. The number of carboxylic acid groups (broad SMARTS) is 1. The van der Waals surface area contributed by atoms with Gasteiger partial charge in [0.2, 0.25) is 0 Å². The highest BCUT2D eigenvalue weighted by Crippen LogP contribution is 2.13. The van der Waals surface area contributed by atoms with Gasteiger partial charge in [-0.2, -0.15) is 0 Å². The second-order valence-electron chi connectivity index (χ2n) is 5.34. The number of rotatable bonds is 6. The molecule has 0 bridgehead atoms. The molecular weight excluding hydrogens is 248 g/mol. The zero-order valence-corrected chi connectivity index (χ0v) is 11.6. The van der Waals surface area contributed by atoms with Crippen molar-refractivity contribution in [2.24, 2.45) is 17.8 Å². The number of ether oxygens (including phenoxy) is 1. The van der Waals surface area contributed by atoms with Gasteiger partial charge in [0, 0.05) is 26.3 Å². The number of carbonyl (C=O) groups excluding carboxylic acids is 1. The van der Waals surface area contributed by atoms with E-state index in [0.717, 1.165) is 26.1 Å². The fourth-order valence-corrected chi connectivity index (χ4v) is 2.06. The van der Waals surface area contributed by atoms with Crippen LogP contribution in [0.25, 0.3) is 0 Å². The van der Waals surface area contributed by atoms with Crippen molar-refractivity contribution in [2.75, 3.05) is 26.3 Å². The van der Waals surface area contributed by atoms with E-state index >= 15 is 0 Å². The van der Waals surface area contributed by atoms with Gasteiger partial charge in [-0.15, -0.1) is 0 Å². The zero-order valence-electron chi connectivity index (χ0n) is 11.6. The number of amides is 2. The predicted molar refractivity (Wildman–Crippen MR) is 70.9 cm³/mol. The Hall–Kier alpha value is -1.30. The molecule has 1 atom stereocenters. The van der Waals surface area contributed by atoms with Gasteiger partial charge >= 0.3 is 12.0 Å². The first-order valence-electron chi connectivity index (χ1n) is 6.83. The third kappa shape index (κ3) is 5.92. The summed E-state index contributed by atoms with van der Waals surface area (Å²) in [6, 6.07) is -0.293. The lowest BCUT2D eigenvalue weighted by Crippen LogP contribution is -2.43. The van der Waals surface area contributed by atoms with Crippen molar-refractivity contribution in [2.45, 2.75) is 26.7 Å². The Bertz CT molecular complexity index is 301. The maximum atomic E-state index is 11.6. The van der Waals surface area contributed by atoms with Crippen molar-refractivity contribution < 1.29 is 19.4 Å². The minimum atomic E-state index is -0.875. The average Bonchev–Trinajstić information content (AvgIpc) is 2.37. The summed E-state index contributed by atoms with van der Waals surface area (Å²) in [6.45, 7) is 5.95. The first-order valence-corrected chi connectivity index (χ1v) is 6.83. The lowest BCUT2D eigenvalue weighted by molar-refractivity contribution is -0.142. The monoisotopic (exact) mass is 272 g/mol. The van der Waals surface area contributed by atoms with Gasteiger partial charge in [-0.25, -0.2) is 4.79 Å². The Morgan fingerprint density at radius 3 is 2.42 bits per heavy atom. The van der Waals surface area contributed by atoms with E-state index in [0.29, 0.717) is 12.5 Å². The molecule has 0 saturated carbocycles. The second kappa shape index (κ2) is 7.99. The van der Waals surface area contributed by atoms with Gasteiger partial charge in [-0.3, -0.25) is 4.79 Å². The summed E-state index contributed by atoms with van der Waals surface area (Å²) in [5, 5.41) is 14.4. The van der Waals surface area contributed by atoms with Crippen LogP contribution in [0.15, 0.2) is 0 Å². The van der Waals surface area contributed by atoms with Crippen LogP contribution in [-0.2, 0) is 9.53 Å². The molecule has 1 unspecified atom stereocenters. The van der Waals surface area contributed by atoms with Gasteiger partial charge in [-0.1, -0.05) is 13.8 Å². The fourth-order valence-electron chi connectivity index (χ4n) is 2.06. The molecule has 1 saturated heterocycles. The lowest BCUT2D eigenvalue weighted by Gasteiger charge is -2.22. The number of carboxylic acids is 1. The molecule has 0 radical (unpaired) electrons. The molecule has 0 aromatic heterocycles. The van der Waals surface area contributed by atoms with Crippen LogP contribution in [-0.4, -0.2) is 43.4 Å². The Kier molecular flexibility index (Phi) is 6.62. The first kappa shape index (κ1) is 15.8. The van der Waals surface area contributed by atoms with Gasteiger partial charge < -0.3 is 20.5 Å². The fraction of sp³-hybridized carbons (Fsp3) is 0.846. The molecule has 6 heteroatoms. The Morgan fingerprint density at radius 2 is 1.89 bits per heavy atom. The normalized spacial score (nSPS) is 18.1.